The van der Waals surface area contributed by atoms with Gasteiger partial charge in [0.15, 0.2) is 5.65 Å². The van der Waals surface area contributed by atoms with Crippen molar-refractivity contribution >= 4 is 16.9 Å². The van der Waals surface area contributed by atoms with Crippen LogP contribution in [-0.4, -0.2) is 19.9 Å². The standard InChI is InChI=1S/C7H6N4O2/c1-4-5(11(12)13)2-8-7-6(4)9-3-10-7/h2-3H,1H3,(H,8,9,10). The third kappa shape index (κ3) is 1.03. The van der Waals surface area contributed by atoms with Crippen LogP contribution in [0.5, 0.6) is 0 Å². The number of nitrogens with one attached hydrogen (secondary N) is 1. The second kappa shape index (κ2) is 2.51. The maximum absolute atomic E-state index is 10.5. The molecule has 0 aliphatic rings. The Morgan fingerprint density at radius 1 is 1.54 bits per heavy atom. The number of nitrogens with zero attached hydrogens (tertiary/aromatic N) is 3. The molecule has 0 aliphatic heterocycles. The minimum atomic E-state index is -0.456. The number of hydrogen-bond acceptors (Lipinski definition) is 4. The van der Waals surface area contributed by atoms with E-state index < -0.39 is 4.92 Å². The van der Waals surface area contributed by atoms with Gasteiger partial charge in [-0.05, 0) is 6.92 Å². The smallest absolute Gasteiger partial charge is 0.292 e. The van der Waals surface area contributed by atoms with E-state index >= 15 is 0 Å². The number of hydrogen-bond donors (Lipinski definition) is 1. The SMILES string of the molecule is Cc1c([N+](=O)[O-])cnc2nc[nH]c12. The lowest BCUT2D eigenvalue weighted by Gasteiger charge is -1.95. The van der Waals surface area contributed by atoms with Crippen molar-refractivity contribution in [1.29, 1.82) is 0 Å². The zero-order valence-electron chi connectivity index (χ0n) is 6.81. The van der Waals surface area contributed by atoms with Gasteiger partial charge in [0.1, 0.15) is 6.20 Å². The van der Waals surface area contributed by atoms with Crippen LogP contribution in [-0.2, 0) is 0 Å². The van der Waals surface area contributed by atoms with Gasteiger partial charge in [-0.1, -0.05) is 0 Å². The van der Waals surface area contributed by atoms with Gasteiger partial charge in [0, 0.05) is 0 Å². The first-order valence-corrected chi connectivity index (χ1v) is 3.63. The van der Waals surface area contributed by atoms with Gasteiger partial charge in [0.2, 0.25) is 0 Å². The predicted molar refractivity (Wildman–Crippen MR) is 45.3 cm³/mol. The van der Waals surface area contributed by atoms with Crippen LogP contribution in [0.15, 0.2) is 12.5 Å². The monoisotopic (exact) mass is 178 g/mol. The Bertz CT molecular complexity index is 476. The van der Waals surface area contributed by atoms with Crippen LogP contribution in [0.1, 0.15) is 5.56 Å². The van der Waals surface area contributed by atoms with Crippen LogP contribution >= 0.6 is 0 Å². The molecular formula is C7H6N4O2. The summed E-state index contributed by atoms with van der Waals surface area (Å²) in [5, 5.41) is 10.5. The number of H-pyrrole nitrogens is 1. The highest BCUT2D eigenvalue weighted by molar-refractivity contribution is 5.77. The summed E-state index contributed by atoms with van der Waals surface area (Å²) < 4.78 is 0. The van der Waals surface area contributed by atoms with Crippen molar-refractivity contribution < 1.29 is 4.92 Å². The molecule has 2 aromatic rings. The molecule has 0 saturated carbocycles. The van der Waals surface area contributed by atoms with Crippen LogP contribution in [0.3, 0.4) is 0 Å². The lowest BCUT2D eigenvalue weighted by molar-refractivity contribution is -0.385. The van der Waals surface area contributed by atoms with E-state index in [1.165, 1.54) is 12.5 Å². The van der Waals surface area contributed by atoms with Crippen molar-refractivity contribution in [2.45, 2.75) is 6.92 Å². The maximum Gasteiger partial charge on any atom is 0.292 e. The molecule has 0 radical (unpaired) electrons. The Morgan fingerprint density at radius 3 is 3.00 bits per heavy atom. The molecule has 1 N–H and O–H groups in total. The Balaban J connectivity index is 2.80. The normalized spacial score (nSPS) is 10.5. The molecule has 2 heterocycles. The molecule has 0 spiro atoms. The molecule has 0 unspecified atom stereocenters. The first kappa shape index (κ1) is 7.66. The zero-order chi connectivity index (χ0) is 9.42. The van der Waals surface area contributed by atoms with E-state index in [0.29, 0.717) is 16.7 Å². The summed E-state index contributed by atoms with van der Waals surface area (Å²) in [6, 6.07) is 0. The quantitative estimate of drug-likeness (QED) is 0.524. The minimum absolute atomic E-state index is 0.0109. The zero-order valence-corrected chi connectivity index (χ0v) is 6.81. The highest BCUT2D eigenvalue weighted by Crippen LogP contribution is 2.21. The molecule has 13 heavy (non-hydrogen) atoms. The Kier molecular flexibility index (Phi) is 1.48. The summed E-state index contributed by atoms with van der Waals surface area (Å²) in [4.78, 5) is 20.6. The topological polar surface area (TPSA) is 84.7 Å². The highest BCUT2D eigenvalue weighted by atomic mass is 16.6. The summed E-state index contributed by atoms with van der Waals surface area (Å²) in [6.07, 6.45) is 2.69. The van der Waals surface area contributed by atoms with E-state index in [2.05, 4.69) is 15.0 Å². The second-order valence-electron chi connectivity index (χ2n) is 2.63. The van der Waals surface area contributed by atoms with Crippen molar-refractivity contribution in [3.8, 4) is 0 Å². The van der Waals surface area contributed by atoms with Crippen molar-refractivity contribution in [2.75, 3.05) is 0 Å². The molecular weight excluding hydrogens is 172 g/mol. The van der Waals surface area contributed by atoms with Gasteiger partial charge in [0.05, 0.1) is 22.3 Å². The first-order valence-electron chi connectivity index (χ1n) is 3.63. The van der Waals surface area contributed by atoms with Gasteiger partial charge in [0.25, 0.3) is 5.69 Å². The van der Waals surface area contributed by atoms with E-state index in [4.69, 9.17) is 0 Å². The average molecular weight is 178 g/mol. The second-order valence-corrected chi connectivity index (χ2v) is 2.63. The summed E-state index contributed by atoms with van der Waals surface area (Å²) in [5.41, 5.74) is 1.70. The number of nitro groups is 1. The minimum Gasteiger partial charge on any atom is -0.343 e. The van der Waals surface area contributed by atoms with Gasteiger partial charge in [-0.25, -0.2) is 9.97 Å². The summed E-state index contributed by atoms with van der Waals surface area (Å²) in [6.45, 7) is 1.67. The fourth-order valence-corrected chi connectivity index (χ4v) is 1.19. The number of aromatic nitrogens is 3. The molecule has 0 fully saturated rings. The van der Waals surface area contributed by atoms with Crippen LogP contribution in [0.4, 0.5) is 5.69 Å². The van der Waals surface area contributed by atoms with Crippen molar-refractivity contribution in [1.82, 2.24) is 15.0 Å². The van der Waals surface area contributed by atoms with Gasteiger partial charge < -0.3 is 4.98 Å². The van der Waals surface area contributed by atoms with E-state index in [1.54, 1.807) is 6.92 Å². The fourth-order valence-electron chi connectivity index (χ4n) is 1.19. The number of rotatable bonds is 1. The molecule has 66 valence electrons. The Hall–Kier alpha value is -1.98. The summed E-state index contributed by atoms with van der Waals surface area (Å²) >= 11 is 0. The van der Waals surface area contributed by atoms with E-state index in [9.17, 15) is 10.1 Å². The van der Waals surface area contributed by atoms with Crippen LogP contribution in [0, 0.1) is 17.0 Å². The van der Waals surface area contributed by atoms with E-state index in [1.807, 2.05) is 0 Å². The van der Waals surface area contributed by atoms with Crippen LogP contribution < -0.4 is 0 Å². The predicted octanol–water partition coefficient (Wildman–Crippen LogP) is 1.17. The van der Waals surface area contributed by atoms with Gasteiger partial charge in [-0.3, -0.25) is 10.1 Å². The third-order valence-corrected chi connectivity index (χ3v) is 1.88. The molecule has 0 bridgehead atoms. The maximum atomic E-state index is 10.5. The van der Waals surface area contributed by atoms with Crippen molar-refractivity contribution in [3.63, 3.8) is 0 Å². The van der Waals surface area contributed by atoms with Crippen molar-refractivity contribution in [2.24, 2.45) is 0 Å². The first-order chi connectivity index (χ1) is 6.20. The van der Waals surface area contributed by atoms with Crippen molar-refractivity contribution in [3.05, 3.63) is 28.2 Å². The van der Waals surface area contributed by atoms with Crippen LogP contribution in [0.25, 0.3) is 11.2 Å². The number of aryl methyl sites for hydroxylation is 1. The Morgan fingerprint density at radius 2 is 2.31 bits per heavy atom. The molecule has 6 nitrogen and oxygen atoms in total. The molecule has 0 aliphatic carbocycles. The van der Waals surface area contributed by atoms with Crippen LogP contribution in [0.2, 0.25) is 0 Å². The lowest BCUT2D eigenvalue weighted by atomic mass is 10.2. The lowest BCUT2D eigenvalue weighted by Crippen LogP contribution is -1.93. The largest absolute Gasteiger partial charge is 0.343 e. The molecule has 2 aromatic heterocycles. The molecule has 0 saturated heterocycles. The average Bonchev–Trinajstić information content (AvgIpc) is 2.52. The third-order valence-electron chi connectivity index (χ3n) is 1.88. The molecule has 6 heteroatoms. The van der Waals surface area contributed by atoms with E-state index in [0.717, 1.165) is 0 Å². The van der Waals surface area contributed by atoms with Gasteiger partial charge >= 0.3 is 0 Å². The van der Waals surface area contributed by atoms with Gasteiger partial charge in [-0.15, -0.1) is 0 Å². The summed E-state index contributed by atoms with van der Waals surface area (Å²) in [5.74, 6) is 0. The Labute approximate surface area is 72.8 Å². The van der Waals surface area contributed by atoms with E-state index in [-0.39, 0.29) is 5.69 Å². The number of pyridine rings is 1. The summed E-state index contributed by atoms with van der Waals surface area (Å²) in [7, 11) is 0. The highest BCUT2D eigenvalue weighted by Gasteiger charge is 2.14. The molecule has 2 rings (SSSR count). The number of imidazole rings is 1. The molecule has 0 atom stereocenters. The van der Waals surface area contributed by atoms with Gasteiger partial charge in [-0.2, -0.15) is 0 Å². The number of aromatic amines is 1. The number of fused-ring (bicyclic) bond motifs is 1. The fraction of sp³-hybridized carbons (Fsp3) is 0.143. The molecule has 0 amide bonds. The molecule has 0 aromatic carbocycles.